The second-order valence-corrected chi connectivity index (χ2v) is 6.35. The van der Waals surface area contributed by atoms with Crippen LogP contribution in [0.4, 0.5) is 0 Å². The van der Waals surface area contributed by atoms with Gasteiger partial charge in [0.25, 0.3) is 5.91 Å². The summed E-state index contributed by atoms with van der Waals surface area (Å²) < 4.78 is 4.19. The Hall–Kier alpha value is -2.56. The first kappa shape index (κ1) is 14.1. The van der Waals surface area contributed by atoms with Gasteiger partial charge >= 0.3 is 0 Å². The predicted octanol–water partition coefficient (Wildman–Crippen LogP) is 2.47. The Bertz CT molecular complexity index is 814. The number of fused-ring (bicyclic) bond motifs is 2. The number of rotatable bonds is 3. The zero-order valence-corrected chi connectivity index (χ0v) is 13.2. The molecule has 5 nitrogen and oxygen atoms in total. The van der Waals surface area contributed by atoms with E-state index in [1.54, 1.807) is 0 Å². The number of aryl methyl sites for hydroxylation is 1. The Morgan fingerprint density at radius 1 is 1.39 bits per heavy atom. The van der Waals surface area contributed by atoms with Crippen LogP contribution in [0.25, 0.3) is 5.52 Å². The molecule has 4 heterocycles. The van der Waals surface area contributed by atoms with Gasteiger partial charge in [-0.2, -0.15) is 0 Å². The number of nitrogens with zero attached hydrogens (tertiary/aromatic N) is 4. The van der Waals surface area contributed by atoms with E-state index >= 15 is 0 Å². The normalized spacial score (nSPS) is 17.2. The second kappa shape index (κ2) is 5.57. The highest BCUT2D eigenvalue weighted by atomic mass is 16.2. The summed E-state index contributed by atoms with van der Waals surface area (Å²) in [6.07, 6.45) is 9.85. The van der Waals surface area contributed by atoms with Crippen LogP contribution >= 0.6 is 0 Å². The molecule has 0 saturated carbocycles. The summed E-state index contributed by atoms with van der Waals surface area (Å²) in [6, 6.07) is 7.92. The molecule has 5 heteroatoms. The summed E-state index contributed by atoms with van der Waals surface area (Å²) in [6.45, 7) is 1.73. The van der Waals surface area contributed by atoms with E-state index in [1.165, 1.54) is 0 Å². The van der Waals surface area contributed by atoms with Gasteiger partial charge in [0.1, 0.15) is 5.82 Å². The monoisotopic (exact) mass is 308 g/mol. The van der Waals surface area contributed by atoms with E-state index in [-0.39, 0.29) is 5.91 Å². The van der Waals surface area contributed by atoms with Gasteiger partial charge in [0.05, 0.1) is 5.56 Å². The van der Waals surface area contributed by atoms with Crippen molar-refractivity contribution in [2.45, 2.75) is 19.4 Å². The standard InChI is InChI=1S/C18H20N4O/c1-20(11-14-5-6-17-19-7-9-22(17)12-14)18(23)15-10-16-4-2-3-8-21(16)13-15/h2-4,7-10,13-14H,5-6,11-12H2,1H3/t14-/m0/s1. The fourth-order valence-corrected chi connectivity index (χ4v) is 3.45. The van der Waals surface area contributed by atoms with Crippen molar-refractivity contribution in [1.29, 1.82) is 0 Å². The average molecular weight is 308 g/mol. The van der Waals surface area contributed by atoms with Gasteiger partial charge in [0.2, 0.25) is 0 Å². The number of hydrogen-bond acceptors (Lipinski definition) is 2. The van der Waals surface area contributed by atoms with Crippen LogP contribution in [0.15, 0.2) is 49.1 Å². The van der Waals surface area contributed by atoms with Crippen molar-refractivity contribution in [3.05, 3.63) is 60.4 Å². The van der Waals surface area contributed by atoms with Gasteiger partial charge in [0, 0.05) is 56.9 Å². The Balaban J connectivity index is 1.46. The molecule has 1 atom stereocenters. The van der Waals surface area contributed by atoms with Crippen LogP contribution in [0.3, 0.4) is 0 Å². The molecule has 0 aliphatic carbocycles. The minimum absolute atomic E-state index is 0.0881. The smallest absolute Gasteiger partial charge is 0.255 e. The molecule has 0 N–H and O–H groups in total. The van der Waals surface area contributed by atoms with E-state index in [0.717, 1.165) is 42.8 Å². The molecule has 0 aromatic carbocycles. The quantitative estimate of drug-likeness (QED) is 0.746. The largest absolute Gasteiger partial charge is 0.341 e. The lowest BCUT2D eigenvalue weighted by Crippen LogP contribution is -2.35. The van der Waals surface area contributed by atoms with Crippen LogP contribution in [0.5, 0.6) is 0 Å². The molecular formula is C18H20N4O. The predicted molar refractivity (Wildman–Crippen MR) is 88.4 cm³/mol. The maximum Gasteiger partial charge on any atom is 0.255 e. The number of amides is 1. The summed E-state index contributed by atoms with van der Waals surface area (Å²) in [5.41, 5.74) is 1.79. The van der Waals surface area contributed by atoms with Crippen molar-refractivity contribution in [2.24, 2.45) is 5.92 Å². The van der Waals surface area contributed by atoms with E-state index in [9.17, 15) is 4.79 Å². The van der Waals surface area contributed by atoms with E-state index in [4.69, 9.17) is 0 Å². The topological polar surface area (TPSA) is 42.5 Å². The molecule has 3 aromatic heterocycles. The highest BCUT2D eigenvalue weighted by Gasteiger charge is 2.22. The first-order valence-corrected chi connectivity index (χ1v) is 8.03. The number of carbonyl (C=O) groups is 1. The van der Waals surface area contributed by atoms with Crippen molar-refractivity contribution in [3.8, 4) is 0 Å². The van der Waals surface area contributed by atoms with Crippen LogP contribution in [0.2, 0.25) is 0 Å². The highest BCUT2D eigenvalue weighted by Crippen LogP contribution is 2.20. The van der Waals surface area contributed by atoms with E-state index in [2.05, 4.69) is 9.55 Å². The Morgan fingerprint density at radius 3 is 3.17 bits per heavy atom. The first-order valence-electron chi connectivity index (χ1n) is 8.03. The summed E-state index contributed by atoms with van der Waals surface area (Å²) in [5.74, 6) is 1.74. The van der Waals surface area contributed by atoms with Crippen molar-refractivity contribution < 1.29 is 4.79 Å². The van der Waals surface area contributed by atoms with Crippen molar-refractivity contribution in [3.63, 3.8) is 0 Å². The van der Waals surface area contributed by atoms with Crippen molar-refractivity contribution in [1.82, 2.24) is 18.9 Å². The summed E-state index contributed by atoms with van der Waals surface area (Å²) >= 11 is 0. The molecule has 4 rings (SSSR count). The molecular weight excluding hydrogens is 288 g/mol. The minimum atomic E-state index is 0.0881. The first-order chi connectivity index (χ1) is 11.2. The van der Waals surface area contributed by atoms with Gasteiger partial charge in [-0.05, 0) is 30.5 Å². The van der Waals surface area contributed by atoms with Gasteiger partial charge in [-0.15, -0.1) is 0 Å². The number of aromatic nitrogens is 3. The summed E-state index contributed by atoms with van der Waals surface area (Å²) in [4.78, 5) is 18.9. The zero-order valence-electron chi connectivity index (χ0n) is 13.2. The number of carbonyl (C=O) groups excluding carboxylic acids is 1. The molecule has 3 aromatic rings. The molecule has 1 amide bonds. The Kier molecular flexibility index (Phi) is 3.41. The molecule has 23 heavy (non-hydrogen) atoms. The Labute approximate surface area is 135 Å². The van der Waals surface area contributed by atoms with Crippen LogP contribution in [0, 0.1) is 5.92 Å². The molecule has 0 unspecified atom stereocenters. The van der Waals surface area contributed by atoms with Crippen LogP contribution in [-0.4, -0.2) is 38.4 Å². The van der Waals surface area contributed by atoms with E-state index in [0.29, 0.717) is 5.92 Å². The average Bonchev–Trinajstić information content (AvgIpc) is 3.19. The number of hydrogen-bond donors (Lipinski definition) is 0. The van der Waals surface area contributed by atoms with Crippen LogP contribution < -0.4 is 0 Å². The molecule has 0 bridgehead atoms. The molecule has 0 radical (unpaired) electrons. The zero-order chi connectivity index (χ0) is 15.8. The number of imidazole rings is 1. The molecule has 0 spiro atoms. The third-order valence-electron chi connectivity index (χ3n) is 4.66. The van der Waals surface area contributed by atoms with Gasteiger partial charge < -0.3 is 13.9 Å². The van der Waals surface area contributed by atoms with E-state index in [1.807, 2.05) is 65.4 Å². The molecule has 118 valence electrons. The lowest BCUT2D eigenvalue weighted by atomic mass is 9.99. The summed E-state index contributed by atoms with van der Waals surface area (Å²) in [7, 11) is 1.90. The van der Waals surface area contributed by atoms with Gasteiger partial charge in [-0.3, -0.25) is 4.79 Å². The second-order valence-electron chi connectivity index (χ2n) is 6.35. The molecule has 1 aliphatic rings. The summed E-state index contributed by atoms with van der Waals surface area (Å²) in [5, 5.41) is 0. The molecule has 1 aliphatic heterocycles. The fourth-order valence-electron chi connectivity index (χ4n) is 3.45. The lowest BCUT2D eigenvalue weighted by Gasteiger charge is -2.28. The molecule has 0 fully saturated rings. The van der Waals surface area contributed by atoms with Crippen molar-refractivity contribution in [2.75, 3.05) is 13.6 Å². The Morgan fingerprint density at radius 2 is 2.30 bits per heavy atom. The SMILES string of the molecule is CN(C[C@@H]1CCc2nccn2C1)C(=O)c1cc2ccccn2c1. The molecule has 0 saturated heterocycles. The maximum atomic E-state index is 12.7. The third-order valence-corrected chi connectivity index (χ3v) is 4.66. The van der Waals surface area contributed by atoms with E-state index < -0.39 is 0 Å². The van der Waals surface area contributed by atoms with Gasteiger partial charge in [-0.1, -0.05) is 6.07 Å². The third kappa shape index (κ3) is 2.63. The van der Waals surface area contributed by atoms with Crippen LogP contribution in [-0.2, 0) is 13.0 Å². The van der Waals surface area contributed by atoms with Gasteiger partial charge in [0.15, 0.2) is 0 Å². The fraction of sp³-hybridized carbons (Fsp3) is 0.333. The van der Waals surface area contributed by atoms with Crippen LogP contribution in [0.1, 0.15) is 22.6 Å². The lowest BCUT2D eigenvalue weighted by molar-refractivity contribution is 0.0760. The van der Waals surface area contributed by atoms with Gasteiger partial charge in [-0.25, -0.2) is 4.98 Å². The number of pyridine rings is 1. The minimum Gasteiger partial charge on any atom is -0.341 e. The maximum absolute atomic E-state index is 12.7. The van der Waals surface area contributed by atoms with Crippen molar-refractivity contribution >= 4 is 11.4 Å². The highest BCUT2D eigenvalue weighted by molar-refractivity contribution is 5.95.